The quantitative estimate of drug-likeness (QED) is 0.526. The summed E-state index contributed by atoms with van der Waals surface area (Å²) < 4.78 is 7.23. The Bertz CT molecular complexity index is 1290. The largest absolute Gasteiger partial charge is 0.508 e. The lowest BCUT2D eigenvalue weighted by atomic mass is 9.71. The predicted molar refractivity (Wildman–Crippen MR) is 119 cm³/mol. The third-order valence-corrected chi connectivity index (χ3v) is 6.43. The number of carbonyl (C=O) groups is 1. The van der Waals surface area contributed by atoms with Gasteiger partial charge >= 0.3 is 0 Å². The van der Waals surface area contributed by atoms with Crippen LogP contribution in [0.1, 0.15) is 47.1 Å². The third-order valence-electron chi connectivity index (χ3n) is 6.43. The molecule has 0 bridgehead atoms. The fourth-order valence-corrected chi connectivity index (χ4v) is 4.58. The zero-order chi connectivity index (χ0) is 22.5. The number of fused-ring (bicyclic) bond motifs is 1. The molecule has 2 aromatic carbocycles. The molecule has 7 heteroatoms. The smallest absolute Gasteiger partial charge is 0.276 e. The molecule has 2 aromatic heterocycles. The molecule has 5 rings (SSSR count). The van der Waals surface area contributed by atoms with Gasteiger partial charge < -0.3 is 14.5 Å². The van der Waals surface area contributed by atoms with Crippen molar-refractivity contribution >= 4 is 5.91 Å². The highest BCUT2D eigenvalue weighted by atomic mass is 16.5. The molecule has 32 heavy (non-hydrogen) atoms. The second-order valence-electron chi connectivity index (χ2n) is 8.56. The summed E-state index contributed by atoms with van der Waals surface area (Å²) in [4.78, 5) is 15.4. The minimum atomic E-state index is -0.545. The average Bonchev–Trinajstić information content (AvgIpc) is 3.46. The number of phenols is 1. The highest BCUT2D eigenvalue weighted by Gasteiger charge is 2.43. The van der Waals surface area contributed by atoms with Gasteiger partial charge in [-0.2, -0.15) is 5.10 Å². The minimum Gasteiger partial charge on any atom is -0.508 e. The molecule has 1 amide bonds. The first kappa shape index (κ1) is 20.1. The van der Waals surface area contributed by atoms with Crippen molar-refractivity contribution < 1.29 is 14.4 Å². The standard InChI is InChI=1S/C25H24N4O3/c1-16-20-10-9-19(30)11-21(20)25(2,18-13-26-28(3)14-18)15-29(16)24(31)22-12-23(32-27-22)17-7-5-4-6-8-17/h4-14,16,30H,15H2,1-3H3. The van der Waals surface area contributed by atoms with Gasteiger partial charge in [-0.3, -0.25) is 9.48 Å². The molecule has 1 aliphatic heterocycles. The maximum Gasteiger partial charge on any atom is 0.276 e. The lowest BCUT2D eigenvalue weighted by molar-refractivity contribution is 0.0616. The summed E-state index contributed by atoms with van der Waals surface area (Å²) >= 11 is 0. The number of amides is 1. The monoisotopic (exact) mass is 428 g/mol. The zero-order valence-electron chi connectivity index (χ0n) is 18.2. The molecule has 0 saturated carbocycles. The van der Waals surface area contributed by atoms with Crippen LogP contribution in [0.3, 0.4) is 0 Å². The van der Waals surface area contributed by atoms with E-state index in [0.717, 1.165) is 22.3 Å². The summed E-state index contributed by atoms with van der Waals surface area (Å²) in [5.74, 6) is 0.561. The van der Waals surface area contributed by atoms with Crippen molar-refractivity contribution in [3.05, 3.63) is 89.4 Å². The van der Waals surface area contributed by atoms with Crippen LogP contribution in [0.25, 0.3) is 11.3 Å². The van der Waals surface area contributed by atoms with Crippen molar-refractivity contribution in [1.82, 2.24) is 19.8 Å². The Kier molecular flexibility index (Phi) is 4.62. The van der Waals surface area contributed by atoms with E-state index in [0.29, 0.717) is 12.3 Å². The molecule has 1 N–H and O–H groups in total. The molecular weight excluding hydrogens is 404 g/mol. The van der Waals surface area contributed by atoms with Gasteiger partial charge in [0, 0.05) is 42.4 Å². The van der Waals surface area contributed by atoms with E-state index in [9.17, 15) is 9.90 Å². The minimum absolute atomic E-state index is 0.195. The SMILES string of the molecule is CC1c2ccc(O)cc2C(C)(c2cnn(C)c2)CN1C(=O)c1cc(-c2ccccc2)on1. The van der Waals surface area contributed by atoms with Crippen molar-refractivity contribution in [1.29, 1.82) is 0 Å². The predicted octanol–water partition coefficient (Wildman–Crippen LogP) is 4.30. The first-order valence-electron chi connectivity index (χ1n) is 10.5. The van der Waals surface area contributed by atoms with Crippen molar-refractivity contribution in [2.45, 2.75) is 25.3 Å². The Balaban J connectivity index is 1.56. The average molecular weight is 428 g/mol. The number of hydrogen-bond donors (Lipinski definition) is 1. The van der Waals surface area contributed by atoms with Gasteiger partial charge in [-0.1, -0.05) is 41.6 Å². The van der Waals surface area contributed by atoms with Crippen molar-refractivity contribution in [3.63, 3.8) is 0 Å². The first-order valence-corrected chi connectivity index (χ1v) is 10.5. The first-order chi connectivity index (χ1) is 15.4. The molecule has 4 aromatic rings. The van der Waals surface area contributed by atoms with Gasteiger partial charge in [0.1, 0.15) is 5.75 Å². The highest BCUT2D eigenvalue weighted by Crippen LogP contribution is 2.45. The second kappa shape index (κ2) is 7.37. The molecule has 3 heterocycles. The van der Waals surface area contributed by atoms with Crippen LogP contribution >= 0.6 is 0 Å². The van der Waals surface area contributed by atoms with Crippen LogP contribution in [-0.2, 0) is 12.5 Å². The van der Waals surface area contributed by atoms with Crippen LogP contribution in [0, 0.1) is 0 Å². The normalized spacial score (nSPS) is 20.2. The van der Waals surface area contributed by atoms with Crippen LogP contribution in [-0.4, -0.2) is 37.4 Å². The number of aromatic nitrogens is 3. The lowest BCUT2D eigenvalue weighted by Crippen LogP contribution is -2.49. The molecule has 0 fully saturated rings. The van der Waals surface area contributed by atoms with Crippen molar-refractivity contribution in [2.75, 3.05) is 6.54 Å². The molecular formula is C25H24N4O3. The topological polar surface area (TPSA) is 84.4 Å². The number of aryl methyl sites for hydroxylation is 1. The van der Waals surface area contributed by atoms with Crippen LogP contribution < -0.4 is 0 Å². The van der Waals surface area contributed by atoms with E-state index in [2.05, 4.69) is 17.2 Å². The molecule has 162 valence electrons. The lowest BCUT2D eigenvalue weighted by Gasteiger charge is -2.45. The number of benzene rings is 2. The number of rotatable bonds is 3. The molecule has 0 aliphatic carbocycles. The number of aromatic hydroxyl groups is 1. The molecule has 7 nitrogen and oxygen atoms in total. The third kappa shape index (κ3) is 3.17. The van der Waals surface area contributed by atoms with E-state index in [1.54, 1.807) is 22.9 Å². The number of nitrogens with zero attached hydrogens (tertiary/aromatic N) is 4. The van der Waals surface area contributed by atoms with Gasteiger partial charge in [0.2, 0.25) is 0 Å². The highest BCUT2D eigenvalue weighted by molar-refractivity contribution is 5.94. The summed E-state index contributed by atoms with van der Waals surface area (Å²) in [7, 11) is 1.87. The van der Waals surface area contributed by atoms with Crippen LogP contribution in [0.4, 0.5) is 0 Å². The van der Waals surface area contributed by atoms with E-state index in [1.807, 2.05) is 67.7 Å². The van der Waals surface area contributed by atoms with Crippen LogP contribution in [0.5, 0.6) is 5.75 Å². The number of hydrogen-bond acceptors (Lipinski definition) is 5. The van der Waals surface area contributed by atoms with Gasteiger partial charge in [-0.05, 0) is 37.1 Å². The Hall–Kier alpha value is -3.87. The van der Waals surface area contributed by atoms with Gasteiger partial charge in [0.25, 0.3) is 5.91 Å². The molecule has 2 atom stereocenters. The summed E-state index contributed by atoms with van der Waals surface area (Å²) in [6.45, 7) is 4.49. The van der Waals surface area contributed by atoms with E-state index >= 15 is 0 Å². The van der Waals surface area contributed by atoms with Crippen LogP contribution in [0.15, 0.2) is 71.5 Å². The molecule has 0 radical (unpaired) electrons. The fraction of sp³-hybridized carbons (Fsp3) is 0.240. The maximum absolute atomic E-state index is 13.6. The number of phenolic OH excluding ortho intramolecular Hbond substituents is 1. The summed E-state index contributed by atoms with van der Waals surface area (Å²) in [6.07, 6.45) is 3.77. The maximum atomic E-state index is 13.6. The Morgan fingerprint density at radius 1 is 1.19 bits per heavy atom. The fourth-order valence-electron chi connectivity index (χ4n) is 4.58. The van der Waals surface area contributed by atoms with E-state index in [1.165, 1.54) is 0 Å². The van der Waals surface area contributed by atoms with Crippen LogP contribution in [0.2, 0.25) is 0 Å². The second-order valence-corrected chi connectivity index (χ2v) is 8.56. The van der Waals surface area contributed by atoms with Gasteiger partial charge in [-0.25, -0.2) is 0 Å². The summed E-state index contributed by atoms with van der Waals surface area (Å²) in [6, 6.07) is 16.4. The van der Waals surface area contributed by atoms with Gasteiger partial charge in [0.15, 0.2) is 11.5 Å². The van der Waals surface area contributed by atoms with Gasteiger partial charge in [0.05, 0.1) is 12.2 Å². The molecule has 0 saturated heterocycles. The van der Waals surface area contributed by atoms with Gasteiger partial charge in [-0.15, -0.1) is 0 Å². The Labute approximate surface area is 185 Å². The molecule has 0 spiro atoms. The van der Waals surface area contributed by atoms with E-state index in [4.69, 9.17) is 4.52 Å². The summed E-state index contributed by atoms with van der Waals surface area (Å²) in [5, 5.41) is 18.6. The summed E-state index contributed by atoms with van der Waals surface area (Å²) in [5.41, 5.74) is 3.55. The van der Waals surface area contributed by atoms with E-state index < -0.39 is 5.41 Å². The molecule has 2 unspecified atom stereocenters. The van der Waals surface area contributed by atoms with E-state index in [-0.39, 0.29) is 23.4 Å². The Morgan fingerprint density at radius 2 is 1.97 bits per heavy atom. The molecule has 1 aliphatic rings. The van der Waals surface area contributed by atoms with Crippen molar-refractivity contribution in [2.24, 2.45) is 7.05 Å². The van der Waals surface area contributed by atoms with Crippen molar-refractivity contribution in [3.8, 4) is 17.1 Å². The number of carbonyl (C=O) groups excluding carboxylic acids is 1. The Morgan fingerprint density at radius 3 is 2.69 bits per heavy atom. The zero-order valence-corrected chi connectivity index (χ0v) is 18.2.